The van der Waals surface area contributed by atoms with Gasteiger partial charge in [-0.2, -0.15) is 0 Å². The third kappa shape index (κ3) is 8.24. The van der Waals surface area contributed by atoms with E-state index in [9.17, 15) is 14.1 Å². The van der Waals surface area contributed by atoms with Crippen molar-refractivity contribution in [3.8, 4) is 0 Å². The zero-order chi connectivity index (χ0) is 27.7. The molecule has 1 fully saturated rings. The highest BCUT2D eigenvalue weighted by Gasteiger charge is 2.34. The van der Waals surface area contributed by atoms with Crippen LogP contribution in [0.3, 0.4) is 0 Å². The first kappa shape index (κ1) is 30.5. The van der Waals surface area contributed by atoms with Crippen molar-refractivity contribution in [2.45, 2.75) is 37.8 Å². The number of nitrogens with zero attached hydrogens (tertiary/aromatic N) is 2. The average Bonchev–Trinajstić information content (AvgIpc) is 2.89. The Hall–Kier alpha value is -2.01. The summed E-state index contributed by atoms with van der Waals surface area (Å²) >= 11 is 10.9. The number of hydrogen-bond donors (Lipinski definition) is 0. The summed E-state index contributed by atoms with van der Waals surface area (Å²) in [5, 5.41) is 0.836. The zero-order valence-corrected chi connectivity index (χ0v) is 24.2. The number of halogens is 2. The van der Waals surface area contributed by atoms with Crippen LogP contribution in [0.15, 0.2) is 47.4 Å². The van der Waals surface area contributed by atoms with E-state index >= 15 is 0 Å². The number of anilines is 1. The maximum absolute atomic E-state index is 13.4. The van der Waals surface area contributed by atoms with Crippen LogP contribution in [0, 0.1) is 0 Å². The monoisotopic (exact) mass is 584 g/mol. The normalized spacial score (nSPS) is 18.4. The number of hydrogen-bond acceptors (Lipinski definition) is 7. The Kier molecular flexibility index (Phi) is 12.0. The number of carbonyl (C=O) groups excluding carboxylic acids is 2. The maximum atomic E-state index is 13.4. The summed E-state index contributed by atoms with van der Waals surface area (Å²) in [5.41, 5.74) is 1.42. The lowest BCUT2D eigenvalue weighted by Crippen LogP contribution is -2.59. The first-order chi connectivity index (χ1) is 18.2. The van der Waals surface area contributed by atoms with Crippen LogP contribution in [0.1, 0.15) is 31.1 Å². The van der Waals surface area contributed by atoms with Crippen molar-refractivity contribution in [2.24, 2.45) is 0 Å². The van der Waals surface area contributed by atoms with Crippen molar-refractivity contribution < 1.29 is 28.4 Å². The van der Waals surface area contributed by atoms with Crippen LogP contribution in [0.5, 0.6) is 0 Å². The predicted molar refractivity (Wildman–Crippen MR) is 150 cm³/mol. The Labute approximate surface area is 237 Å². The van der Waals surface area contributed by atoms with E-state index in [-0.39, 0.29) is 46.9 Å². The van der Waals surface area contributed by atoms with E-state index in [0.717, 1.165) is 5.69 Å². The first-order valence-electron chi connectivity index (χ1n) is 12.5. The Bertz CT molecular complexity index is 1090. The van der Waals surface area contributed by atoms with E-state index in [1.807, 2.05) is 43.0 Å². The summed E-state index contributed by atoms with van der Waals surface area (Å²) in [5.74, 6) is -1.11. The molecular weight excluding hydrogens is 551 g/mol. The molecule has 1 amide bonds. The zero-order valence-electron chi connectivity index (χ0n) is 21.9. The highest BCUT2D eigenvalue weighted by Crippen LogP contribution is 2.29. The Morgan fingerprint density at radius 1 is 1.00 bits per heavy atom. The van der Waals surface area contributed by atoms with Crippen molar-refractivity contribution >= 4 is 51.9 Å². The number of esters is 1. The highest BCUT2D eigenvalue weighted by molar-refractivity contribution is 7.92. The molecule has 0 saturated carbocycles. The van der Waals surface area contributed by atoms with Crippen LogP contribution in [0.2, 0.25) is 10.0 Å². The van der Waals surface area contributed by atoms with Gasteiger partial charge in [0.05, 0.1) is 24.8 Å². The molecule has 2 aromatic rings. The second-order valence-electron chi connectivity index (χ2n) is 8.82. The van der Waals surface area contributed by atoms with E-state index in [2.05, 4.69) is 11.8 Å². The van der Waals surface area contributed by atoms with Crippen molar-refractivity contribution in [3.05, 3.63) is 58.1 Å². The molecule has 1 heterocycles. The van der Waals surface area contributed by atoms with Crippen molar-refractivity contribution in [3.63, 3.8) is 0 Å². The molecule has 0 N–H and O–H groups in total. The predicted octanol–water partition coefficient (Wildman–Crippen LogP) is 4.44. The van der Waals surface area contributed by atoms with Gasteiger partial charge in [0.1, 0.15) is 6.61 Å². The summed E-state index contributed by atoms with van der Waals surface area (Å²) in [6.07, 6.45) is 0. The van der Waals surface area contributed by atoms with E-state index in [1.165, 1.54) is 12.1 Å². The van der Waals surface area contributed by atoms with Gasteiger partial charge in [0.25, 0.3) is 5.91 Å². The molecule has 0 radical (unpaired) electrons. The molecule has 1 saturated heterocycles. The molecule has 11 heteroatoms. The molecule has 38 heavy (non-hydrogen) atoms. The molecule has 0 aromatic heterocycles. The molecule has 0 spiro atoms. The summed E-state index contributed by atoms with van der Waals surface area (Å²) in [6.45, 7) is 8.97. The van der Waals surface area contributed by atoms with Crippen LogP contribution in [0.25, 0.3) is 0 Å². The van der Waals surface area contributed by atoms with Crippen LogP contribution in [0.4, 0.5) is 5.69 Å². The second-order valence-corrected chi connectivity index (χ2v) is 11.1. The van der Waals surface area contributed by atoms with Gasteiger partial charge in [-0.05, 0) is 68.3 Å². The van der Waals surface area contributed by atoms with Crippen molar-refractivity contribution in [2.75, 3.05) is 56.8 Å². The molecule has 1 aliphatic rings. The largest absolute Gasteiger partial charge is 0.611 e. The lowest BCUT2D eigenvalue weighted by Gasteiger charge is -2.46. The highest BCUT2D eigenvalue weighted by atomic mass is 35.5. The quantitative estimate of drug-likeness (QED) is 0.207. The number of carbonyl (C=O) groups is 2. The third-order valence-corrected chi connectivity index (χ3v) is 8.41. The Morgan fingerprint density at radius 2 is 1.74 bits per heavy atom. The minimum Gasteiger partial charge on any atom is -0.611 e. The van der Waals surface area contributed by atoms with Crippen molar-refractivity contribution in [1.29, 1.82) is 0 Å². The molecule has 2 aromatic carbocycles. The fraction of sp³-hybridized carbons (Fsp3) is 0.481. The number of benzene rings is 2. The number of piperazine rings is 1. The van der Waals surface area contributed by atoms with Gasteiger partial charge in [-0.3, -0.25) is 4.79 Å². The molecule has 208 valence electrons. The SMILES string of the molecule is CCOCCOCCOC(=O)C[S+]([O-])c1ccc(C(=O)N2CCN(c3cccc(Cl)c3)C(C)C2C)cc1Cl. The van der Waals surface area contributed by atoms with Gasteiger partial charge in [0, 0.05) is 48.1 Å². The lowest BCUT2D eigenvalue weighted by molar-refractivity contribution is -0.142. The minimum absolute atomic E-state index is 0.0600. The number of rotatable bonds is 12. The first-order valence-corrected chi connectivity index (χ1v) is 14.6. The van der Waals surface area contributed by atoms with Crippen LogP contribution >= 0.6 is 23.2 Å². The second kappa shape index (κ2) is 15.0. The summed E-state index contributed by atoms with van der Waals surface area (Å²) < 4.78 is 28.2. The minimum atomic E-state index is -1.71. The summed E-state index contributed by atoms with van der Waals surface area (Å²) in [4.78, 5) is 29.8. The fourth-order valence-electron chi connectivity index (χ4n) is 4.24. The van der Waals surface area contributed by atoms with E-state index in [0.29, 0.717) is 43.5 Å². The molecule has 3 atom stereocenters. The molecule has 1 aliphatic heterocycles. The van der Waals surface area contributed by atoms with Gasteiger partial charge < -0.3 is 28.6 Å². The molecule has 8 nitrogen and oxygen atoms in total. The Balaban J connectivity index is 1.54. The molecule has 0 bridgehead atoms. The van der Waals surface area contributed by atoms with Crippen molar-refractivity contribution in [1.82, 2.24) is 4.90 Å². The lowest BCUT2D eigenvalue weighted by atomic mass is 10.0. The third-order valence-electron chi connectivity index (χ3n) is 6.40. The number of ether oxygens (including phenoxy) is 3. The van der Waals surface area contributed by atoms with Gasteiger partial charge >= 0.3 is 5.97 Å². The smallest absolute Gasteiger partial charge is 0.356 e. The standard InChI is InChI=1S/C27H34Cl2N2O6S/c1-4-35-12-13-36-14-15-37-26(32)18-38(34)25-9-8-21(16-24(25)29)27(33)31-11-10-30(19(2)20(31)3)23-7-5-6-22(28)17-23/h5-9,16-17,19-20H,4,10-15,18H2,1-3H3. The molecular formula is C27H34Cl2N2O6S. The van der Waals surface area contributed by atoms with Crippen LogP contribution < -0.4 is 4.90 Å². The molecule has 0 aliphatic carbocycles. The van der Waals surface area contributed by atoms with Gasteiger partial charge in [-0.1, -0.05) is 29.3 Å². The average molecular weight is 586 g/mol. The molecule has 3 rings (SSSR count). The van der Waals surface area contributed by atoms with Crippen LogP contribution in [-0.2, 0) is 30.2 Å². The van der Waals surface area contributed by atoms with E-state index < -0.39 is 17.1 Å². The van der Waals surface area contributed by atoms with Gasteiger partial charge in [0.2, 0.25) is 5.75 Å². The van der Waals surface area contributed by atoms with Crippen LogP contribution in [-0.4, -0.2) is 85.3 Å². The topological polar surface area (TPSA) is 91.4 Å². The Morgan fingerprint density at radius 3 is 2.45 bits per heavy atom. The summed E-state index contributed by atoms with van der Waals surface area (Å²) in [6, 6.07) is 12.3. The summed E-state index contributed by atoms with van der Waals surface area (Å²) in [7, 11) is 0. The van der Waals surface area contributed by atoms with Gasteiger partial charge in [0.15, 0.2) is 4.90 Å². The maximum Gasteiger partial charge on any atom is 0.356 e. The van der Waals surface area contributed by atoms with E-state index in [4.69, 9.17) is 37.4 Å². The van der Waals surface area contributed by atoms with Gasteiger partial charge in [-0.25, -0.2) is 4.79 Å². The number of amides is 1. The molecule has 3 unspecified atom stereocenters. The van der Waals surface area contributed by atoms with Gasteiger partial charge in [-0.15, -0.1) is 0 Å². The fourth-order valence-corrected chi connectivity index (χ4v) is 5.81. The van der Waals surface area contributed by atoms with E-state index in [1.54, 1.807) is 6.07 Å².